The van der Waals surface area contributed by atoms with Gasteiger partial charge < -0.3 is 5.32 Å². The zero-order valence-electron chi connectivity index (χ0n) is 11.7. The first-order valence-corrected chi connectivity index (χ1v) is 7.06. The molecule has 0 amide bonds. The van der Waals surface area contributed by atoms with Crippen molar-refractivity contribution in [2.24, 2.45) is 0 Å². The minimum Gasteiger partial charge on any atom is -0.313 e. The van der Waals surface area contributed by atoms with Crippen molar-refractivity contribution in [3.8, 4) is 0 Å². The number of rotatable bonds is 5. The lowest BCUT2D eigenvalue weighted by atomic mass is 10.1. The van der Waals surface area contributed by atoms with Crippen LogP contribution in [0.4, 0.5) is 0 Å². The Labute approximate surface area is 119 Å². The van der Waals surface area contributed by atoms with Crippen LogP contribution in [-0.2, 0) is 13.1 Å². The van der Waals surface area contributed by atoms with Gasteiger partial charge in [-0.1, -0.05) is 49.4 Å². The number of benzene rings is 2. The van der Waals surface area contributed by atoms with Gasteiger partial charge in [0.2, 0.25) is 0 Å². The summed E-state index contributed by atoms with van der Waals surface area (Å²) < 4.78 is 2.06. The van der Waals surface area contributed by atoms with Crippen molar-refractivity contribution < 1.29 is 0 Å². The molecule has 0 aliphatic rings. The van der Waals surface area contributed by atoms with Crippen LogP contribution in [-0.4, -0.2) is 16.3 Å². The average molecular weight is 265 g/mol. The molecule has 0 bridgehead atoms. The van der Waals surface area contributed by atoms with Crippen LogP contribution in [0.1, 0.15) is 18.1 Å². The van der Waals surface area contributed by atoms with Gasteiger partial charge in [-0.05, 0) is 23.7 Å². The molecule has 20 heavy (non-hydrogen) atoms. The molecule has 0 spiro atoms. The van der Waals surface area contributed by atoms with E-state index < -0.39 is 0 Å². The number of aromatic nitrogens is 2. The highest BCUT2D eigenvalue weighted by molar-refractivity contribution is 5.78. The molecular formula is C17H19N3. The molecule has 0 aliphatic heterocycles. The predicted octanol–water partition coefficient (Wildman–Crippen LogP) is 3.19. The molecule has 3 heteroatoms. The van der Waals surface area contributed by atoms with E-state index in [-0.39, 0.29) is 0 Å². The molecule has 0 atom stereocenters. The maximum absolute atomic E-state index is 4.48. The molecule has 102 valence electrons. The van der Waals surface area contributed by atoms with Gasteiger partial charge in [0.1, 0.15) is 0 Å². The highest BCUT2D eigenvalue weighted by Gasteiger charge is 2.03. The first-order valence-electron chi connectivity index (χ1n) is 7.06. The van der Waals surface area contributed by atoms with E-state index in [1.165, 1.54) is 22.0 Å². The lowest BCUT2D eigenvalue weighted by Crippen LogP contribution is -2.12. The fraction of sp³-hybridized carbons (Fsp3) is 0.235. The predicted molar refractivity (Wildman–Crippen MR) is 82.7 cm³/mol. The lowest BCUT2D eigenvalue weighted by Gasteiger charge is -2.07. The first-order chi connectivity index (χ1) is 9.86. The van der Waals surface area contributed by atoms with Crippen molar-refractivity contribution in [3.05, 3.63) is 65.9 Å². The molecule has 0 saturated carbocycles. The Morgan fingerprint density at radius 3 is 2.80 bits per heavy atom. The molecule has 0 unspecified atom stereocenters. The Kier molecular flexibility index (Phi) is 3.79. The molecule has 0 aliphatic carbocycles. The second-order valence-electron chi connectivity index (χ2n) is 4.96. The Bertz CT molecular complexity index is 700. The summed E-state index contributed by atoms with van der Waals surface area (Å²) in [6.45, 7) is 4.85. The molecule has 1 aromatic heterocycles. The van der Waals surface area contributed by atoms with Crippen molar-refractivity contribution in [2.75, 3.05) is 6.54 Å². The molecule has 3 aromatic rings. The minimum absolute atomic E-state index is 0.813. The van der Waals surface area contributed by atoms with Crippen LogP contribution < -0.4 is 5.32 Å². The third-order valence-corrected chi connectivity index (χ3v) is 3.45. The Morgan fingerprint density at radius 1 is 1.05 bits per heavy atom. The third kappa shape index (κ3) is 2.73. The van der Waals surface area contributed by atoms with Crippen molar-refractivity contribution in [1.29, 1.82) is 0 Å². The van der Waals surface area contributed by atoms with Gasteiger partial charge in [-0.25, -0.2) is 0 Å². The fourth-order valence-electron chi connectivity index (χ4n) is 2.43. The lowest BCUT2D eigenvalue weighted by molar-refractivity contribution is 0.704. The van der Waals surface area contributed by atoms with E-state index in [1.54, 1.807) is 0 Å². The fourth-order valence-corrected chi connectivity index (χ4v) is 2.43. The summed E-state index contributed by atoms with van der Waals surface area (Å²) in [7, 11) is 0. The van der Waals surface area contributed by atoms with E-state index in [1.807, 2.05) is 12.3 Å². The highest BCUT2D eigenvalue weighted by Crippen LogP contribution is 2.15. The first kappa shape index (κ1) is 12.9. The van der Waals surface area contributed by atoms with Gasteiger partial charge in [-0.3, -0.25) is 4.68 Å². The zero-order valence-corrected chi connectivity index (χ0v) is 11.7. The van der Waals surface area contributed by atoms with Crippen LogP contribution in [0.15, 0.2) is 54.7 Å². The van der Waals surface area contributed by atoms with Gasteiger partial charge >= 0.3 is 0 Å². The van der Waals surface area contributed by atoms with Crippen molar-refractivity contribution in [1.82, 2.24) is 15.1 Å². The number of nitrogens with one attached hydrogen (secondary N) is 1. The Hall–Kier alpha value is -2.13. The summed E-state index contributed by atoms with van der Waals surface area (Å²) in [6, 6.07) is 17.0. The van der Waals surface area contributed by atoms with Crippen molar-refractivity contribution >= 4 is 10.9 Å². The van der Waals surface area contributed by atoms with Crippen LogP contribution in [0.2, 0.25) is 0 Å². The van der Waals surface area contributed by atoms with Crippen molar-refractivity contribution in [2.45, 2.75) is 20.0 Å². The topological polar surface area (TPSA) is 29.9 Å². The maximum Gasteiger partial charge on any atom is 0.0686 e. The summed E-state index contributed by atoms with van der Waals surface area (Å²) in [4.78, 5) is 0. The molecule has 3 rings (SSSR count). The van der Waals surface area contributed by atoms with Crippen LogP contribution >= 0.6 is 0 Å². The van der Waals surface area contributed by atoms with E-state index in [2.05, 4.69) is 64.5 Å². The number of para-hydroxylation sites is 1. The van der Waals surface area contributed by atoms with Gasteiger partial charge in [0.05, 0.1) is 18.3 Å². The van der Waals surface area contributed by atoms with Crippen LogP contribution in [0.25, 0.3) is 10.9 Å². The molecule has 1 N–H and O–H groups in total. The number of hydrogen-bond acceptors (Lipinski definition) is 2. The van der Waals surface area contributed by atoms with Gasteiger partial charge in [-0.15, -0.1) is 0 Å². The summed E-state index contributed by atoms with van der Waals surface area (Å²) in [5.74, 6) is 0. The Balaban J connectivity index is 1.83. The minimum atomic E-state index is 0.813. The largest absolute Gasteiger partial charge is 0.313 e. The normalized spacial score (nSPS) is 11.1. The second-order valence-corrected chi connectivity index (χ2v) is 4.96. The van der Waals surface area contributed by atoms with E-state index in [9.17, 15) is 0 Å². The molecule has 2 aromatic carbocycles. The molecule has 0 fully saturated rings. The molecule has 0 saturated heterocycles. The van der Waals surface area contributed by atoms with Gasteiger partial charge in [0.25, 0.3) is 0 Å². The maximum atomic E-state index is 4.48. The van der Waals surface area contributed by atoms with Gasteiger partial charge in [0, 0.05) is 11.9 Å². The number of nitrogens with zero attached hydrogens (tertiary/aromatic N) is 2. The van der Waals surface area contributed by atoms with E-state index in [0.29, 0.717) is 0 Å². The highest BCUT2D eigenvalue weighted by atomic mass is 15.3. The van der Waals surface area contributed by atoms with Crippen molar-refractivity contribution in [3.63, 3.8) is 0 Å². The van der Waals surface area contributed by atoms with E-state index in [4.69, 9.17) is 0 Å². The van der Waals surface area contributed by atoms with Crippen LogP contribution in [0.5, 0.6) is 0 Å². The van der Waals surface area contributed by atoms with Gasteiger partial charge in [-0.2, -0.15) is 5.10 Å². The quantitative estimate of drug-likeness (QED) is 0.768. The molecule has 0 radical (unpaired) electrons. The zero-order chi connectivity index (χ0) is 13.8. The molecule has 3 nitrogen and oxygen atoms in total. The van der Waals surface area contributed by atoms with Crippen LogP contribution in [0, 0.1) is 0 Å². The second kappa shape index (κ2) is 5.88. The summed E-state index contributed by atoms with van der Waals surface area (Å²) >= 11 is 0. The smallest absolute Gasteiger partial charge is 0.0686 e. The standard InChI is InChI=1S/C17H19N3/c1-2-18-11-14-6-5-7-15(10-14)13-20-17-9-4-3-8-16(17)12-19-20/h3-10,12,18H,2,11,13H2,1H3. The summed E-state index contributed by atoms with van der Waals surface area (Å²) in [5.41, 5.74) is 3.79. The SMILES string of the molecule is CCNCc1cccc(Cn2ncc3ccccc32)c1. The number of fused-ring (bicyclic) bond motifs is 1. The molecular weight excluding hydrogens is 246 g/mol. The average Bonchev–Trinajstić information content (AvgIpc) is 2.89. The third-order valence-electron chi connectivity index (χ3n) is 3.45. The van der Waals surface area contributed by atoms with Crippen LogP contribution in [0.3, 0.4) is 0 Å². The summed E-state index contributed by atoms with van der Waals surface area (Å²) in [5, 5.41) is 9.03. The molecule has 1 heterocycles. The Morgan fingerprint density at radius 2 is 1.90 bits per heavy atom. The van der Waals surface area contributed by atoms with E-state index in [0.717, 1.165) is 19.6 Å². The monoisotopic (exact) mass is 265 g/mol. The van der Waals surface area contributed by atoms with E-state index >= 15 is 0 Å². The summed E-state index contributed by atoms with van der Waals surface area (Å²) in [6.07, 6.45) is 1.93. The van der Waals surface area contributed by atoms with Gasteiger partial charge in [0.15, 0.2) is 0 Å². The number of hydrogen-bond donors (Lipinski definition) is 1.